The van der Waals surface area contributed by atoms with Gasteiger partial charge in [-0.15, -0.1) is 0 Å². The van der Waals surface area contributed by atoms with E-state index in [-0.39, 0.29) is 52.6 Å². The topological polar surface area (TPSA) is 99.1 Å². The lowest BCUT2D eigenvalue weighted by Gasteiger charge is -2.59. The lowest BCUT2D eigenvalue weighted by molar-refractivity contribution is -0.170. The zero-order chi connectivity index (χ0) is 23.4. The first-order valence-corrected chi connectivity index (χ1v) is 11.9. The minimum Gasteiger partial charge on any atom is -0.462 e. The zero-order valence-electron chi connectivity index (χ0n) is 19.8. The summed E-state index contributed by atoms with van der Waals surface area (Å²) in [6.07, 6.45) is 4.96. The number of fused-ring (bicyclic) bond motifs is 5. The molecule has 0 bridgehead atoms. The average Bonchev–Trinajstić information content (AvgIpc) is 2.92. The van der Waals surface area contributed by atoms with Crippen LogP contribution in [0.25, 0.3) is 0 Å². The molecule has 4 aliphatic rings. The highest BCUT2D eigenvalue weighted by atomic mass is 16.6. The van der Waals surface area contributed by atoms with E-state index in [2.05, 4.69) is 19.9 Å². The number of hydrogen-bond donors (Lipinski definition) is 1. The summed E-state index contributed by atoms with van der Waals surface area (Å²) >= 11 is 0. The van der Waals surface area contributed by atoms with Crippen LogP contribution in [0.3, 0.4) is 0 Å². The van der Waals surface area contributed by atoms with Gasteiger partial charge in [-0.25, -0.2) is 0 Å². The Morgan fingerprint density at radius 2 is 1.59 bits per heavy atom. The standard InChI is InChI=1S/C25H36O7/c1-13(26)30-17-6-8-24(4)16(10-17)11-21(31-14(2)27)22-18(24)7-9-25(5)19(22)12-20(29)23(25)32-15(3)28/h11,17-23,29H,6-10,12H2,1-5H3/t17-,18+,19+,20-,21+,22-,23+,24+,25+/m1/s1. The van der Waals surface area contributed by atoms with Gasteiger partial charge in [0.25, 0.3) is 0 Å². The number of ether oxygens (including phenoxy) is 3. The van der Waals surface area contributed by atoms with Gasteiger partial charge in [0, 0.05) is 38.5 Å². The molecule has 0 saturated heterocycles. The van der Waals surface area contributed by atoms with Gasteiger partial charge in [0.1, 0.15) is 18.3 Å². The molecule has 9 atom stereocenters. The van der Waals surface area contributed by atoms with Gasteiger partial charge in [0.15, 0.2) is 0 Å². The second-order valence-corrected chi connectivity index (χ2v) is 10.8. The van der Waals surface area contributed by atoms with Gasteiger partial charge in [-0.3, -0.25) is 14.4 Å². The van der Waals surface area contributed by atoms with Gasteiger partial charge in [0.05, 0.1) is 6.10 Å². The number of esters is 3. The van der Waals surface area contributed by atoms with Crippen molar-refractivity contribution in [1.82, 2.24) is 0 Å². The number of carbonyl (C=O) groups is 3. The van der Waals surface area contributed by atoms with Crippen LogP contribution in [0.15, 0.2) is 11.6 Å². The molecule has 0 aromatic rings. The van der Waals surface area contributed by atoms with Crippen molar-refractivity contribution in [3.05, 3.63) is 11.6 Å². The van der Waals surface area contributed by atoms with E-state index in [0.717, 1.165) is 25.7 Å². The molecular formula is C25H36O7. The monoisotopic (exact) mass is 448 g/mol. The third-order valence-corrected chi connectivity index (χ3v) is 8.92. The van der Waals surface area contributed by atoms with Crippen molar-refractivity contribution in [1.29, 1.82) is 0 Å². The molecule has 1 N–H and O–H groups in total. The van der Waals surface area contributed by atoms with E-state index in [9.17, 15) is 19.5 Å². The lowest BCUT2D eigenvalue weighted by atomic mass is 9.47. The highest BCUT2D eigenvalue weighted by Crippen LogP contribution is 2.65. The third-order valence-electron chi connectivity index (χ3n) is 8.92. The molecule has 0 aliphatic heterocycles. The average molecular weight is 449 g/mol. The van der Waals surface area contributed by atoms with Gasteiger partial charge < -0.3 is 19.3 Å². The molecule has 4 aliphatic carbocycles. The van der Waals surface area contributed by atoms with Crippen molar-refractivity contribution in [2.24, 2.45) is 28.6 Å². The van der Waals surface area contributed by atoms with E-state index in [1.807, 2.05) is 0 Å². The van der Waals surface area contributed by atoms with E-state index in [0.29, 0.717) is 12.8 Å². The molecule has 7 heteroatoms. The first kappa shape index (κ1) is 23.3. The van der Waals surface area contributed by atoms with Crippen LogP contribution in [-0.4, -0.2) is 47.4 Å². The second kappa shape index (κ2) is 8.15. The summed E-state index contributed by atoms with van der Waals surface area (Å²) in [5.74, 6) is -0.571. The first-order chi connectivity index (χ1) is 15.0. The highest BCUT2D eigenvalue weighted by molar-refractivity contribution is 5.67. The maximum Gasteiger partial charge on any atom is 0.303 e. The smallest absolute Gasteiger partial charge is 0.303 e. The predicted octanol–water partition coefficient (Wildman–Crippen LogP) is 3.33. The SMILES string of the molecule is CC(=O)O[C@@H]1CC[C@@]2(C)C(=C[C@H](OC(C)=O)[C@H]3[C@@H]4C[C@@H](O)[C@H](OC(C)=O)[C@@]4(C)CC[C@@H]32)C1. The summed E-state index contributed by atoms with van der Waals surface area (Å²) in [5, 5.41) is 10.9. The third kappa shape index (κ3) is 3.76. The van der Waals surface area contributed by atoms with E-state index in [1.165, 1.54) is 26.3 Å². The van der Waals surface area contributed by atoms with E-state index >= 15 is 0 Å². The molecule has 3 saturated carbocycles. The predicted molar refractivity (Wildman–Crippen MR) is 115 cm³/mol. The first-order valence-electron chi connectivity index (χ1n) is 11.9. The Hall–Kier alpha value is -1.89. The molecule has 0 unspecified atom stereocenters. The van der Waals surface area contributed by atoms with Crippen molar-refractivity contribution in [2.75, 3.05) is 0 Å². The molecule has 178 valence electrons. The van der Waals surface area contributed by atoms with Gasteiger partial charge in [-0.1, -0.05) is 19.4 Å². The van der Waals surface area contributed by atoms with Crippen LogP contribution >= 0.6 is 0 Å². The number of carbonyl (C=O) groups excluding carboxylic acids is 3. The maximum atomic E-state index is 12.0. The molecule has 0 aromatic heterocycles. The second-order valence-electron chi connectivity index (χ2n) is 10.8. The summed E-state index contributed by atoms with van der Waals surface area (Å²) in [6, 6.07) is 0. The van der Waals surface area contributed by atoms with E-state index in [1.54, 1.807) is 0 Å². The summed E-state index contributed by atoms with van der Waals surface area (Å²) in [5.41, 5.74) is 0.784. The zero-order valence-corrected chi connectivity index (χ0v) is 19.8. The molecular weight excluding hydrogens is 412 g/mol. The minimum absolute atomic E-state index is 0.0480. The van der Waals surface area contributed by atoms with Crippen LogP contribution in [0.5, 0.6) is 0 Å². The fourth-order valence-electron chi connectivity index (χ4n) is 7.59. The summed E-state index contributed by atoms with van der Waals surface area (Å²) < 4.78 is 17.0. The number of hydrogen-bond acceptors (Lipinski definition) is 7. The lowest BCUT2D eigenvalue weighted by Crippen LogP contribution is -2.56. The summed E-state index contributed by atoms with van der Waals surface area (Å²) in [7, 11) is 0. The number of aliphatic hydroxyl groups is 1. The molecule has 4 rings (SSSR count). The van der Waals surface area contributed by atoms with Crippen LogP contribution in [0.1, 0.15) is 73.1 Å². The molecule has 0 radical (unpaired) electrons. The Kier molecular flexibility index (Phi) is 5.93. The summed E-state index contributed by atoms with van der Waals surface area (Å²) in [4.78, 5) is 35.3. The van der Waals surface area contributed by atoms with Crippen LogP contribution < -0.4 is 0 Å². The largest absolute Gasteiger partial charge is 0.462 e. The number of rotatable bonds is 3. The normalized spacial score (nSPS) is 44.9. The Morgan fingerprint density at radius 1 is 0.938 bits per heavy atom. The van der Waals surface area contributed by atoms with Crippen LogP contribution in [0, 0.1) is 28.6 Å². The molecule has 3 fully saturated rings. The quantitative estimate of drug-likeness (QED) is 0.402. The van der Waals surface area contributed by atoms with Crippen LogP contribution in [0.2, 0.25) is 0 Å². The molecule has 0 amide bonds. The van der Waals surface area contributed by atoms with E-state index in [4.69, 9.17) is 14.2 Å². The molecule has 0 aromatic carbocycles. The van der Waals surface area contributed by atoms with Crippen molar-refractivity contribution >= 4 is 17.9 Å². The van der Waals surface area contributed by atoms with Gasteiger partial charge in [0.2, 0.25) is 0 Å². The summed E-state index contributed by atoms with van der Waals surface area (Å²) in [6.45, 7) is 8.66. The van der Waals surface area contributed by atoms with Gasteiger partial charge >= 0.3 is 17.9 Å². The van der Waals surface area contributed by atoms with Crippen molar-refractivity contribution in [3.8, 4) is 0 Å². The van der Waals surface area contributed by atoms with Crippen LogP contribution in [0.4, 0.5) is 0 Å². The fraction of sp³-hybridized carbons (Fsp3) is 0.800. The Bertz CT molecular complexity index is 834. The fourth-order valence-corrected chi connectivity index (χ4v) is 7.59. The van der Waals surface area contributed by atoms with Crippen molar-refractivity contribution < 1.29 is 33.7 Å². The maximum absolute atomic E-state index is 12.0. The molecule has 0 heterocycles. The van der Waals surface area contributed by atoms with Crippen molar-refractivity contribution in [2.45, 2.75) is 97.6 Å². The minimum atomic E-state index is -0.719. The Morgan fingerprint density at radius 3 is 2.22 bits per heavy atom. The van der Waals surface area contributed by atoms with E-state index < -0.39 is 18.3 Å². The number of aliphatic hydroxyl groups excluding tert-OH is 1. The highest BCUT2D eigenvalue weighted by Gasteiger charge is 2.64. The molecule has 0 spiro atoms. The Balaban J connectivity index is 1.71. The van der Waals surface area contributed by atoms with Crippen LogP contribution in [-0.2, 0) is 28.6 Å². The molecule has 32 heavy (non-hydrogen) atoms. The molecule has 7 nitrogen and oxygen atoms in total. The van der Waals surface area contributed by atoms with Gasteiger partial charge in [-0.2, -0.15) is 0 Å². The Labute approximate surface area is 189 Å². The van der Waals surface area contributed by atoms with Gasteiger partial charge in [-0.05, 0) is 55.4 Å². The van der Waals surface area contributed by atoms with Crippen molar-refractivity contribution in [3.63, 3.8) is 0 Å².